The number of anilines is 1. The molecular formula is C20H19F2N5O3. The number of carbonyl (C=O) groups is 2. The highest BCUT2D eigenvalue weighted by atomic mass is 19.1. The van der Waals surface area contributed by atoms with Gasteiger partial charge in [-0.3, -0.25) is 9.69 Å². The Labute approximate surface area is 170 Å². The van der Waals surface area contributed by atoms with E-state index in [1.807, 2.05) is 13.8 Å². The van der Waals surface area contributed by atoms with Gasteiger partial charge in [0.05, 0.1) is 0 Å². The molecule has 0 radical (unpaired) electrons. The summed E-state index contributed by atoms with van der Waals surface area (Å²) in [6, 6.07) is 8.22. The normalized spacial score (nSPS) is 11.0. The number of para-hydroxylation sites is 1. The Bertz CT molecular complexity index is 1120. The summed E-state index contributed by atoms with van der Waals surface area (Å²) >= 11 is 0. The van der Waals surface area contributed by atoms with E-state index in [-0.39, 0.29) is 6.04 Å². The van der Waals surface area contributed by atoms with Gasteiger partial charge in [0.15, 0.2) is 11.6 Å². The Morgan fingerprint density at radius 3 is 2.33 bits per heavy atom. The Morgan fingerprint density at radius 2 is 1.73 bits per heavy atom. The molecule has 10 heteroatoms. The number of benzene rings is 2. The molecule has 30 heavy (non-hydrogen) atoms. The quantitative estimate of drug-likeness (QED) is 0.456. The molecule has 1 amide bonds. The molecule has 0 atom stereocenters. The van der Waals surface area contributed by atoms with Crippen molar-refractivity contribution in [2.75, 3.05) is 4.90 Å². The van der Waals surface area contributed by atoms with Crippen LogP contribution in [0.15, 0.2) is 47.3 Å². The van der Waals surface area contributed by atoms with E-state index in [4.69, 9.17) is 0 Å². The molecule has 0 aliphatic carbocycles. The van der Waals surface area contributed by atoms with E-state index in [1.165, 1.54) is 11.0 Å². The van der Waals surface area contributed by atoms with Crippen molar-refractivity contribution < 1.29 is 18.4 Å². The van der Waals surface area contributed by atoms with Gasteiger partial charge in [-0.05, 0) is 47.5 Å². The molecule has 0 N–H and O–H groups in total. The van der Waals surface area contributed by atoms with Gasteiger partial charge in [0.25, 0.3) is 0 Å². The van der Waals surface area contributed by atoms with E-state index in [1.54, 1.807) is 18.2 Å². The van der Waals surface area contributed by atoms with Crippen molar-refractivity contribution in [2.45, 2.75) is 32.7 Å². The molecule has 0 unspecified atom stereocenters. The van der Waals surface area contributed by atoms with Crippen molar-refractivity contribution in [3.8, 4) is 5.69 Å². The third kappa shape index (κ3) is 3.76. The summed E-state index contributed by atoms with van der Waals surface area (Å²) in [6.07, 6.45) is 1.75. The summed E-state index contributed by atoms with van der Waals surface area (Å²) in [6.45, 7) is 3.73. The van der Waals surface area contributed by atoms with Crippen molar-refractivity contribution in [1.29, 1.82) is 0 Å². The van der Waals surface area contributed by atoms with Gasteiger partial charge in [0.2, 0.25) is 0 Å². The van der Waals surface area contributed by atoms with Crippen molar-refractivity contribution in [3.05, 3.63) is 70.1 Å². The van der Waals surface area contributed by atoms with E-state index in [0.29, 0.717) is 39.7 Å². The van der Waals surface area contributed by atoms with Crippen molar-refractivity contribution >= 4 is 18.0 Å². The average molecular weight is 415 g/mol. The Balaban J connectivity index is 2.11. The van der Waals surface area contributed by atoms with Gasteiger partial charge in [-0.15, -0.1) is 4.68 Å². The van der Waals surface area contributed by atoms with Crippen LogP contribution in [0.5, 0.6) is 0 Å². The van der Waals surface area contributed by atoms with Crippen LogP contribution in [-0.4, -0.2) is 38.1 Å². The van der Waals surface area contributed by atoms with Gasteiger partial charge in [-0.25, -0.2) is 18.4 Å². The Hall–Kier alpha value is -3.69. The maximum atomic E-state index is 14.1. The minimum absolute atomic E-state index is 0.318. The number of tetrazole rings is 1. The largest absolute Gasteiger partial charge is 0.377 e. The smallest absolute Gasteiger partial charge is 0.298 e. The number of halogens is 2. The lowest BCUT2D eigenvalue weighted by Crippen LogP contribution is -2.46. The van der Waals surface area contributed by atoms with Gasteiger partial charge in [-0.1, -0.05) is 32.0 Å². The fraction of sp³-hybridized carbons (Fsp3) is 0.250. The van der Waals surface area contributed by atoms with Crippen LogP contribution in [0, 0.1) is 11.6 Å². The first-order chi connectivity index (χ1) is 14.4. The topological polar surface area (TPSA) is 90.1 Å². The average Bonchev–Trinajstić information content (AvgIpc) is 3.12. The second-order valence-corrected chi connectivity index (χ2v) is 6.49. The highest BCUT2D eigenvalue weighted by Gasteiger charge is 2.29. The van der Waals surface area contributed by atoms with Crippen molar-refractivity contribution in [2.24, 2.45) is 0 Å². The predicted molar refractivity (Wildman–Crippen MR) is 105 cm³/mol. The third-order valence-corrected chi connectivity index (χ3v) is 4.71. The molecular weight excluding hydrogens is 396 g/mol. The number of hydrogen-bond donors (Lipinski definition) is 0. The highest BCUT2D eigenvalue weighted by molar-refractivity contribution is 5.94. The van der Waals surface area contributed by atoms with Crippen LogP contribution < -0.4 is 10.6 Å². The monoisotopic (exact) mass is 415 g/mol. The van der Waals surface area contributed by atoms with Gasteiger partial charge in [-0.2, -0.15) is 4.68 Å². The molecule has 1 heterocycles. The van der Waals surface area contributed by atoms with Crippen LogP contribution in [0.2, 0.25) is 0 Å². The molecule has 0 spiro atoms. The van der Waals surface area contributed by atoms with Gasteiger partial charge < -0.3 is 0 Å². The molecule has 8 nitrogen and oxygen atoms in total. The fourth-order valence-corrected chi connectivity index (χ4v) is 3.18. The summed E-state index contributed by atoms with van der Waals surface area (Å²) in [5.74, 6) is -2.04. The van der Waals surface area contributed by atoms with E-state index >= 15 is 0 Å². The summed E-state index contributed by atoms with van der Waals surface area (Å²) in [5, 5.41) is 7.02. The number of aldehydes is 1. The third-order valence-electron chi connectivity index (χ3n) is 4.71. The maximum Gasteiger partial charge on any atom is 0.377 e. The highest BCUT2D eigenvalue weighted by Crippen LogP contribution is 2.22. The van der Waals surface area contributed by atoms with Crippen LogP contribution in [0.1, 0.15) is 37.0 Å². The summed E-state index contributed by atoms with van der Waals surface area (Å²) in [5.41, 5.74) is -1.11. The molecule has 156 valence electrons. The lowest BCUT2D eigenvalue weighted by atomic mass is 10.1. The van der Waals surface area contributed by atoms with Crippen LogP contribution in [0.25, 0.3) is 5.69 Å². The van der Waals surface area contributed by atoms with Gasteiger partial charge >= 0.3 is 11.7 Å². The minimum atomic E-state index is -1.12. The molecule has 2 aromatic carbocycles. The molecule has 3 aromatic rings. The first kappa shape index (κ1) is 21.0. The first-order valence-corrected chi connectivity index (χ1v) is 9.31. The zero-order valence-electron chi connectivity index (χ0n) is 16.3. The van der Waals surface area contributed by atoms with E-state index in [9.17, 15) is 23.2 Å². The number of hydrogen-bond acceptors (Lipinski definition) is 5. The van der Waals surface area contributed by atoms with Crippen LogP contribution in [-0.2, 0) is 0 Å². The minimum Gasteiger partial charge on any atom is -0.298 e. The van der Waals surface area contributed by atoms with E-state index < -0.39 is 29.0 Å². The predicted octanol–water partition coefficient (Wildman–Crippen LogP) is 3.18. The van der Waals surface area contributed by atoms with Crippen LogP contribution in [0.3, 0.4) is 0 Å². The molecule has 1 aromatic heterocycles. The zero-order chi connectivity index (χ0) is 21.8. The van der Waals surface area contributed by atoms with Crippen LogP contribution >= 0.6 is 0 Å². The molecule has 0 fully saturated rings. The van der Waals surface area contributed by atoms with E-state index in [0.717, 1.165) is 18.2 Å². The fourth-order valence-electron chi connectivity index (χ4n) is 3.18. The lowest BCUT2D eigenvalue weighted by Gasteiger charge is -2.29. The van der Waals surface area contributed by atoms with Crippen LogP contribution in [0.4, 0.5) is 19.3 Å². The second kappa shape index (κ2) is 8.76. The van der Waals surface area contributed by atoms with Crippen molar-refractivity contribution in [3.63, 3.8) is 0 Å². The van der Waals surface area contributed by atoms with E-state index in [2.05, 4.69) is 10.4 Å². The summed E-state index contributed by atoms with van der Waals surface area (Å²) < 4.78 is 29.0. The Morgan fingerprint density at radius 1 is 1.10 bits per heavy atom. The first-order valence-electron chi connectivity index (χ1n) is 9.31. The molecule has 0 bridgehead atoms. The van der Waals surface area contributed by atoms with Gasteiger partial charge in [0.1, 0.15) is 12.0 Å². The molecule has 0 saturated carbocycles. The molecule has 0 aliphatic rings. The summed E-state index contributed by atoms with van der Waals surface area (Å²) in [4.78, 5) is 38.5. The number of aromatic nitrogens is 4. The standard InChI is InChI=1S/C20H19F2N5O3/c1-3-14(4-2)25(15-8-5-7-13(11-15)12-28)19(29)27-20(30)26(23-24-27)18-16(21)9-6-10-17(18)22/h5-12,14H,3-4H2,1-2H3. The zero-order valence-corrected chi connectivity index (χ0v) is 16.3. The number of amides is 1. The number of rotatable bonds is 6. The molecule has 0 aliphatic heterocycles. The maximum absolute atomic E-state index is 14.1. The van der Waals surface area contributed by atoms with Gasteiger partial charge in [0, 0.05) is 17.3 Å². The second-order valence-electron chi connectivity index (χ2n) is 6.49. The number of carbonyl (C=O) groups excluding carboxylic acids is 2. The van der Waals surface area contributed by atoms with Crippen molar-refractivity contribution in [1.82, 2.24) is 19.8 Å². The Kier molecular flexibility index (Phi) is 6.14. The number of nitrogens with zero attached hydrogens (tertiary/aromatic N) is 5. The SMILES string of the molecule is CCC(CC)N(C(=O)n1nnn(-c2c(F)cccc2F)c1=O)c1cccc(C=O)c1. The summed E-state index contributed by atoms with van der Waals surface area (Å²) in [7, 11) is 0. The molecule has 3 rings (SSSR count). The lowest BCUT2D eigenvalue weighted by molar-refractivity contribution is 0.112. The molecule has 0 saturated heterocycles.